The fourth-order valence-corrected chi connectivity index (χ4v) is 2.56. The molecule has 0 saturated carbocycles. The van der Waals surface area contributed by atoms with Gasteiger partial charge in [-0.1, -0.05) is 62.0 Å². The Labute approximate surface area is 236 Å². The number of nitrogens with zero attached hydrogens (tertiary/aromatic N) is 3. The summed E-state index contributed by atoms with van der Waals surface area (Å²) in [7, 11) is 0. The lowest BCUT2D eigenvalue weighted by Crippen LogP contribution is -2.32. The minimum atomic E-state index is -0.581. The zero-order chi connectivity index (χ0) is 29.5. The van der Waals surface area contributed by atoms with Crippen molar-refractivity contribution >= 4 is 47.6 Å². The molecule has 0 bridgehead atoms. The maximum atomic E-state index is 13.4. The second-order valence-electron chi connectivity index (χ2n) is 7.24. The third kappa shape index (κ3) is 16.8. The first-order chi connectivity index (χ1) is 18.7. The molecule has 39 heavy (non-hydrogen) atoms. The van der Waals surface area contributed by atoms with Crippen LogP contribution in [-0.4, -0.2) is 37.6 Å². The maximum Gasteiger partial charge on any atom is 0.237 e. The van der Waals surface area contributed by atoms with Crippen molar-refractivity contribution in [2.24, 2.45) is 32.6 Å². The number of benzene rings is 2. The van der Waals surface area contributed by atoms with Crippen LogP contribution in [-0.2, 0) is 9.68 Å². The quantitative estimate of drug-likeness (QED) is 0.0644. The summed E-state index contributed by atoms with van der Waals surface area (Å²) in [6, 6.07) is 8.46. The Morgan fingerprint density at radius 2 is 1.38 bits per heavy atom. The third-order valence-corrected chi connectivity index (χ3v) is 4.82. The van der Waals surface area contributed by atoms with E-state index in [2.05, 4.69) is 33.2 Å². The Hall–Kier alpha value is -3.52. The number of carbonyl (C=O) groups excluding carboxylic acids is 1. The molecule has 0 fully saturated rings. The number of rotatable bonds is 11. The first-order valence-electron chi connectivity index (χ1n) is 11.7. The zero-order valence-electron chi connectivity index (χ0n) is 21.7. The van der Waals surface area contributed by atoms with Crippen LogP contribution in [0.2, 0.25) is 10.0 Å². The van der Waals surface area contributed by atoms with Crippen molar-refractivity contribution in [3.8, 4) is 0 Å². The molecule has 0 radical (unpaired) electrons. The number of guanidine groups is 2. The van der Waals surface area contributed by atoms with Crippen LogP contribution in [0.4, 0.5) is 8.78 Å². The average molecular weight is 591 g/mol. The number of hydroxylamine groups is 2. The van der Waals surface area contributed by atoms with Gasteiger partial charge in [0.25, 0.3) is 0 Å². The predicted octanol–water partition coefficient (Wildman–Crippen LogP) is 4.24. The topological polar surface area (TPSA) is 175 Å². The highest BCUT2D eigenvalue weighted by molar-refractivity contribution is 6.33. The van der Waals surface area contributed by atoms with E-state index in [1.165, 1.54) is 36.5 Å². The molecule has 0 aromatic heterocycles. The number of hydrogen-bond donors (Lipinski definition) is 5. The van der Waals surface area contributed by atoms with Gasteiger partial charge in [0.15, 0.2) is 6.29 Å². The molecule has 216 valence electrons. The number of hydrazone groups is 1. The van der Waals surface area contributed by atoms with Crippen molar-refractivity contribution < 1.29 is 23.3 Å². The number of carbonyl (C=O) groups is 1. The molecule has 0 atom stereocenters. The SMILES string of the molecule is CCCCONC(N)=N/N=C/c1c(F)cccc1Cl.CCCCONC(N)=NN.O=Cc1c(F)cccc1Cl. The van der Waals surface area contributed by atoms with Crippen molar-refractivity contribution in [1.29, 1.82) is 0 Å². The van der Waals surface area contributed by atoms with Crippen LogP contribution in [0.25, 0.3) is 0 Å². The van der Waals surface area contributed by atoms with E-state index >= 15 is 0 Å². The molecule has 2 aromatic carbocycles. The number of halogens is 4. The van der Waals surface area contributed by atoms with E-state index in [1.807, 2.05) is 6.92 Å². The fourth-order valence-electron chi connectivity index (χ4n) is 2.14. The van der Waals surface area contributed by atoms with E-state index in [0.717, 1.165) is 25.7 Å². The largest absolute Gasteiger partial charge is 0.367 e. The Morgan fingerprint density at radius 3 is 1.79 bits per heavy atom. The van der Waals surface area contributed by atoms with Crippen molar-refractivity contribution in [3.63, 3.8) is 0 Å². The van der Waals surface area contributed by atoms with Gasteiger partial charge in [0, 0.05) is 5.56 Å². The summed E-state index contributed by atoms with van der Waals surface area (Å²) >= 11 is 11.3. The summed E-state index contributed by atoms with van der Waals surface area (Å²) in [5.74, 6) is 3.83. The second kappa shape index (κ2) is 22.5. The molecule has 2 aromatic rings. The molecule has 0 heterocycles. The molecule has 15 heteroatoms. The van der Waals surface area contributed by atoms with Gasteiger partial charge < -0.3 is 17.3 Å². The van der Waals surface area contributed by atoms with Gasteiger partial charge >= 0.3 is 0 Å². The van der Waals surface area contributed by atoms with Crippen molar-refractivity contribution in [3.05, 3.63) is 69.2 Å². The van der Waals surface area contributed by atoms with E-state index < -0.39 is 11.6 Å². The van der Waals surface area contributed by atoms with Crippen LogP contribution in [0.3, 0.4) is 0 Å². The number of hydrogen-bond acceptors (Lipinski definition) is 7. The van der Waals surface area contributed by atoms with E-state index in [0.29, 0.717) is 19.5 Å². The monoisotopic (exact) mass is 590 g/mol. The molecular weight excluding hydrogens is 557 g/mol. The summed E-state index contributed by atoms with van der Waals surface area (Å²) in [6.45, 7) is 5.26. The molecule has 0 saturated heterocycles. The number of aldehydes is 1. The molecule has 0 aliphatic heterocycles. The summed E-state index contributed by atoms with van der Waals surface area (Å²) in [4.78, 5) is 20.0. The van der Waals surface area contributed by atoms with E-state index in [4.69, 9.17) is 50.2 Å². The first-order valence-corrected chi connectivity index (χ1v) is 12.5. The highest BCUT2D eigenvalue weighted by atomic mass is 35.5. The minimum absolute atomic E-state index is 0.0141. The lowest BCUT2D eigenvalue weighted by Gasteiger charge is -2.03. The fraction of sp³-hybridized carbons (Fsp3) is 0.333. The Bertz CT molecular complexity index is 1040. The van der Waals surface area contributed by atoms with Crippen LogP contribution in [0, 0.1) is 11.6 Å². The van der Waals surface area contributed by atoms with E-state index in [9.17, 15) is 13.6 Å². The smallest absolute Gasteiger partial charge is 0.237 e. The molecule has 0 amide bonds. The third-order valence-electron chi connectivity index (χ3n) is 4.16. The minimum Gasteiger partial charge on any atom is -0.367 e. The molecule has 0 spiro atoms. The van der Waals surface area contributed by atoms with Gasteiger partial charge in [-0.2, -0.15) is 5.10 Å². The highest BCUT2D eigenvalue weighted by Gasteiger charge is 2.04. The van der Waals surface area contributed by atoms with Gasteiger partial charge in [-0.15, -0.1) is 10.2 Å². The summed E-state index contributed by atoms with van der Waals surface area (Å²) in [5.41, 5.74) is 15.5. The number of nitrogens with one attached hydrogen (secondary N) is 2. The molecule has 0 aliphatic rings. The standard InChI is InChI=1S/C12H16ClFN4O.C7H4ClFO.C5H14N4O/c1-2-3-7-19-18-12(15)17-16-8-9-10(13)5-4-6-11(9)14;8-6-2-1-3-7(9)5(6)4-10;1-2-3-4-10-9-5(6)8-7/h4-6,8H,2-3,7H2,1H3,(H3,15,17,18);1-4H;2-4,7H2,1H3,(H3,6,8,9)/b16-8+;;. The lowest BCUT2D eigenvalue weighted by molar-refractivity contribution is 0.0816. The van der Waals surface area contributed by atoms with Crippen molar-refractivity contribution in [1.82, 2.24) is 11.0 Å². The summed E-state index contributed by atoms with van der Waals surface area (Å²) in [5, 5.41) is 10.8. The normalized spacial score (nSPS) is 11.2. The van der Waals surface area contributed by atoms with Crippen LogP contribution in [0.1, 0.15) is 55.5 Å². The lowest BCUT2D eigenvalue weighted by atomic mass is 10.2. The Kier molecular flexibility index (Phi) is 20.4. The van der Waals surface area contributed by atoms with Gasteiger partial charge in [0.2, 0.25) is 11.9 Å². The summed E-state index contributed by atoms with van der Waals surface area (Å²) in [6.07, 6.45) is 5.60. The molecule has 0 aliphatic carbocycles. The van der Waals surface area contributed by atoms with Crippen molar-refractivity contribution in [2.45, 2.75) is 39.5 Å². The van der Waals surface area contributed by atoms with Crippen LogP contribution in [0.5, 0.6) is 0 Å². The molecule has 0 unspecified atom stereocenters. The highest BCUT2D eigenvalue weighted by Crippen LogP contribution is 2.17. The second-order valence-corrected chi connectivity index (χ2v) is 8.06. The average Bonchev–Trinajstić information content (AvgIpc) is 2.91. The van der Waals surface area contributed by atoms with E-state index in [-0.39, 0.29) is 33.1 Å². The number of unbranched alkanes of at least 4 members (excludes halogenated alkanes) is 2. The van der Waals surface area contributed by atoms with Gasteiger partial charge in [0.1, 0.15) is 11.6 Å². The van der Waals surface area contributed by atoms with Gasteiger partial charge in [-0.05, 0) is 37.1 Å². The first kappa shape index (κ1) is 35.5. The molecule has 11 nitrogen and oxygen atoms in total. The van der Waals surface area contributed by atoms with Gasteiger partial charge in [-0.25, -0.2) is 19.7 Å². The zero-order valence-corrected chi connectivity index (χ0v) is 23.2. The van der Waals surface area contributed by atoms with Crippen LogP contribution in [0.15, 0.2) is 51.7 Å². The van der Waals surface area contributed by atoms with Gasteiger partial charge in [-0.3, -0.25) is 14.5 Å². The van der Waals surface area contributed by atoms with Crippen molar-refractivity contribution in [2.75, 3.05) is 13.2 Å². The molecular formula is C24H34Cl2F2N8O3. The summed E-state index contributed by atoms with van der Waals surface area (Å²) < 4.78 is 25.9. The van der Waals surface area contributed by atoms with Crippen LogP contribution >= 0.6 is 23.2 Å². The Balaban J connectivity index is 0.000000610. The molecule has 2 rings (SSSR count). The predicted molar refractivity (Wildman–Crippen MR) is 151 cm³/mol. The molecule has 8 N–H and O–H groups in total. The maximum absolute atomic E-state index is 13.4. The van der Waals surface area contributed by atoms with E-state index in [1.54, 1.807) is 6.07 Å². The Morgan fingerprint density at radius 1 is 0.897 bits per heavy atom. The van der Waals surface area contributed by atoms with Crippen LogP contribution < -0.4 is 28.3 Å². The van der Waals surface area contributed by atoms with Gasteiger partial charge in [0.05, 0.1) is 35.0 Å². The number of nitrogens with two attached hydrogens (primary N) is 3.